The Labute approximate surface area is 169 Å². The number of carbonyl (C=O) groups is 1. The van der Waals surface area contributed by atoms with Crippen molar-refractivity contribution in [1.29, 1.82) is 0 Å². The molecule has 156 valence electrons. The van der Waals surface area contributed by atoms with E-state index >= 15 is 0 Å². The standard InChI is InChI=1S/C22H45NO2S/c1-17(2)12-13-25-21(8,9)14-18(24)23(16-19(3,4)5)20(6,7)15-22(10,11)26/h17,26H,12-16H2,1-11H3. The van der Waals surface area contributed by atoms with Crippen molar-refractivity contribution in [3.05, 3.63) is 0 Å². The van der Waals surface area contributed by atoms with E-state index in [0.717, 1.165) is 19.4 Å². The van der Waals surface area contributed by atoms with Gasteiger partial charge in [0.2, 0.25) is 5.91 Å². The molecule has 0 radical (unpaired) electrons. The SMILES string of the molecule is CC(C)CCOC(C)(C)CC(=O)N(CC(C)(C)C)C(C)(C)CC(C)(C)S. The lowest BCUT2D eigenvalue weighted by Gasteiger charge is -2.45. The van der Waals surface area contributed by atoms with E-state index in [2.05, 4.69) is 67.2 Å². The maximum Gasteiger partial charge on any atom is 0.225 e. The van der Waals surface area contributed by atoms with Gasteiger partial charge in [0.1, 0.15) is 0 Å². The average Bonchev–Trinajstić information content (AvgIpc) is 2.30. The fourth-order valence-corrected chi connectivity index (χ4v) is 3.74. The van der Waals surface area contributed by atoms with E-state index < -0.39 is 5.60 Å². The van der Waals surface area contributed by atoms with Crippen LogP contribution in [0.3, 0.4) is 0 Å². The third-order valence-corrected chi connectivity index (χ3v) is 4.45. The van der Waals surface area contributed by atoms with Crippen LogP contribution < -0.4 is 0 Å². The molecule has 0 saturated heterocycles. The highest BCUT2D eigenvalue weighted by molar-refractivity contribution is 7.81. The first kappa shape index (κ1) is 25.8. The molecular formula is C22H45NO2S. The van der Waals surface area contributed by atoms with Gasteiger partial charge in [-0.1, -0.05) is 48.5 Å². The minimum Gasteiger partial charge on any atom is -0.375 e. The molecule has 0 fully saturated rings. The molecule has 0 N–H and O–H groups in total. The van der Waals surface area contributed by atoms with E-state index in [-0.39, 0.29) is 21.6 Å². The monoisotopic (exact) mass is 387 g/mol. The molecule has 0 aliphatic rings. The summed E-state index contributed by atoms with van der Waals surface area (Å²) in [6, 6.07) is 0. The number of amides is 1. The summed E-state index contributed by atoms with van der Waals surface area (Å²) < 4.78 is 5.91. The van der Waals surface area contributed by atoms with Crippen LogP contribution in [0.15, 0.2) is 0 Å². The molecule has 0 unspecified atom stereocenters. The Morgan fingerprint density at radius 2 is 1.50 bits per heavy atom. The molecule has 0 heterocycles. The summed E-state index contributed by atoms with van der Waals surface area (Å²) in [5, 5.41) is 0. The summed E-state index contributed by atoms with van der Waals surface area (Å²) in [6.07, 6.45) is 2.25. The number of carbonyl (C=O) groups excluding carboxylic acids is 1. The lowest BCUT2D eigenvalue weighted by molar-refractivity contribution is -0.145. The Morgan fingerprint density at radius 3 is 1.88 bits per heavy atom. The molecule has 0 atom stereocenters. The molecule has 26 heavy (non-hydrogen) atoms. The Hall–Kier alpha value is -0.220. The van der Waals surface area contributed by atoms with Gasteiger partial charge in [-0.3, -0.25) is 4.79 Å². The Morgan fingerprint density at radius 1 is 1.00 bits per heavy atom. The van der Waals surface area contributed by atoms with Crippen molar-refractivity contribution in [3.8, 4) is 0 Å². The number of nitrogens with zero attached hydrogens (tertiary/aromatic N) is 1. The molecular weight excluding hydrogens is 342 g/mol. The zero-order valence-corrected chi connectivity index (χ0v) is 20.2. The highest BCUT2D eigenvalue weighted by Gasteiger charge is 2.38. The van der Waals surface area contributed by atoms with Crippen LogP contribution >= 0.6 is 12.6 Å². The Kier molecular flexibility index (Phi) is 9.24. The second-order valence-corrected chi connectivity index (χ2v) is 12.5. The molecule has 1 amide bonds. The molecule has 0 rings (SSSR count). The summed E-state index contributed by atoms with van der Waals surface area (Å²) in [5.74, 6) is 0.771. The second kappa shape index (κ2) is 9.32. The van der Waals surface area contributed by atoms with E-state index in [0.29, 0.717) is 18.9 Å². The quantitative estimate of drug-likeness (QED) is 0.468. The zero-order valence-electron chi connectivity index (χ0n) is 19.3. The maximum absolute atomic E-state index is 13.3. The van der Waals surface area contributed by atoms with Crippen molar-refractivity contribution >= 4 is 18.5 Å². The van der Waals surface area contributed by atoms with E-state index in [1.54, 1.807) is 0 Å². The lowest BCUT2D eigenvalue weighted by atomic mass is 9.86. The molecule has 3 nitrogen and oxygen atoms in total. The number of rotatable bonds is 10. The minimum absolute atomic E-state index is 0.0380. The summed E-state index contributed by atoms with van der Waals surface area (Å²) in [6.45, 7) is 24.9. The number of ether oxygens (including phenoxy) is 1. The first-order chi connectivity index (χ1) is 11.3. The van der Waals surface area contributed by atoms with E-state index in [1.165, 1.54) is 0 Å². The van der Waals surface area contributed by atoms with Crippen molar-refractivity contribution in [1.82, 2.24) is 4.90 Å². The van der Waals surface area contributed by atoms with Crippen molar-refractivity contribution in [2.75, 3.05) is 13.2 Å². The maximum atomic E-state index is 13.3. The summed E-state index contributed by atoms with van der Waals surface area (Å²) in [5.41, 5.74) is -0.672. The summed E-state index contributed by atoms with van der Waals surface area (Å²) in [4.78, 5) is 15.3. The van der Waals surface area contributed by atoms with Crippen molar-refractivity contribution < 1.29 is 9.53 Å². The second-order valence-electron chi connectivity index (χ2n) is 11.3. The van der Waals surface area contributed by atoms with Crippen LogP contribution in [0.2, 0.25) is 0 Å². The number of thiol groups is 1. The van der Waals surface area contributed by atoms with Gasteiger partial charge in [0.05, 0.1) is 12.0 Å². The molecule has 0 spiro atoms. The van der Waals surface area contributed by atoms with Gasteiger partial charge in [0.25, 0.3) is 0 Å². The molecule has 0 aromatic carbocycles. The van der Waals surface area contributed by atoms with Gasteiger partial charge in [-0.2, -0.15) is 12.6 Å². The highest BCUT2D eigenvalue weighted by atomic mass is 32.1. The first-order valence-electron chi connectivity index (χ1n) is 10.0. The normalized spacial score (nSPS) is 14.0. The molecule has 0 bridgehead atoms. The Bertz CT molecular complexity index is 442. The minimum atomic E-state index is -0.450. The van der Waals surface area contributed by atoms with Crippen LogP contribution in [0, 0.1) is 11.3 Å². The third-order valence-electron chi connectivity index (χ3n) is 4.29. The van der Waals surface area contributed by atoms with Gasteiger partial charge in [-0.05, 0) is 51.9 Å². The molecule has 0 aromatic rings. The van der Waals surface area contributed by atoms with Crippen LogP contribution in [-0.2, 0) is 9.53 Å². The summed E-state index contributed by atoms with van der Waals surface area (Å²) >= 11 is 4.71. The van der Waals surface area contributed by atoms with Crippen LogP contribution in [0.1, 0.15) is 95.4 Å². The fraction of sp³-hybridized carbons (Fsp3) is 0.955. The Balaban J connectivity index is 5.28. The lowest BCUT2D eigenvalue weighted by Crippen LogP contribution is -2.54. The molecule has 0 aliphatic heterocycles. The van der Waals surface area contributed by atoms with Gasteiger partial charge in [0, 0.05) is 23.4 Å². The van der Waals surface area contributed by atoms with Crippen LogP contribution in [0.4, 0.5) is 0 Å². The number of hydrogen-bond donors (Lipinski definition) is 1. The van der Waals surface area contributed by atoms with Gasteiger partial charge in [0.15, 0.2) is 0 Å². The number of hydrogen-bond acceptors (Lipinski definition) is 3. The topological polar surface area (TPSA) is 29.5 Å². The molecule has 4 heteroatoms. The first-order valence-corrected chi connectivity index (χ1v) is 10.5. The van der Waals surface area contributed by atoms with Crippen LogP contribution in [0.5, 0.6) is 0 Å². The van der Waals surface area contributed by atoms with Gasteiger partial charge < -0.3 is 9.64 Å². The average molecular weight is 388 g/mol. The highest BCUT2D eigenvalue weighted by Crippen LogP contribution is 2.33. The fourth-order valence-electron chi connectivity index (χ4n) is 3.35. The van der Waals surface area contributed by atoms with Crippen molar-refractivity contribution in [3.63, 3.8) is 0 Å². The van der Waals surface area contributed by atoms with Crippen molar-refractivity contribution in [2.45, 2.75) is 111 Å². The largest absolute Gasteiger partial charge is 0.375 e. The van der Waals surface area contributed by atoms with Crippen molar-refractivity contribution in [2.24, 2.45) is 11.3 Å². The van der Waals surface area contributed by atoms with E-state index in [1.807, 2.05) is 13.8 Å². The van der Waals surface area contributed by atoms with Crippen LogP contribution in [-0.4, -0.2) is 39.8 Å². The summed E-state index contributed by atoms with van der Waals surface area (Å²) in [7, 11) is 0. The zero-order chi connectivity index (χ0) is 21.0. The van der Waals surface area contributed by atoms with Crippen LogP contribution in [0.25, 0.3) is 0 Å². The third kappa shape index (κ3) is 11.5. The predicted molar refractivity (Wildman–Crippen MR) is 117 cm³/mol. The predicted octanol–water partition coefficient (Wildman–Crippen LogP) is 5.97. The van der Waals surface area contributed by atoms with Gasteiger partial charge in [-0.25, -0.2) is 0 Å². The van der Waals surface area contributed by atoms with Gasteiger partial charge in [-0.15, -0.1) is 0 Å². The molecule has 0 aliphatic carbocycles. The van der Waals surface area contributed by atoms with E-state index in [9.17, 15) is 4.79 Å². The molecule has 0 saturated carbocycles. The molecule has 0 aromatic heterocycles. The smallest absolute Gasteiger partial charge is 0.225 e. The van der Waals surface area contributed by atoms with E-state index in [4.69, 9.17) is 17.4 Å². The van der Waals surface area contributed by atoms with Gasteiger partial charge >= 0.3 is 0 Å².